The molecular weight excluding hydrogens is 364 g/mol. The molecule has 0 aliphatic heterocycles. The summed E-state index contributed by atoms with van der Waals surface area (Å²) in [4.78, 5) is 20.4. The largest absolute Gasteiger partial charge is 0.493 e. The van der Waals surface area contributed by atoms with E-state index in [4.69, 9.17) is 4.74 Å². The molecule has 6 heteroatoms. The summed E-state index contributed by atoms with van der Waals surface area (Å²) in [5.41, 5.74) is 1.79. The second kappa shape index (κ2) is 8.96. The lowest BCUT2D eigenvalue weighted by molar-refractivity contribution is -0.130. The Morgan fingerprint density at radius 2 is 2.00 bits per heavy atom. The number of carbonyl (C=O) groups is 1. The van der Waals surface area contributed by atoms with Gasteiger partial charge >= 0.3 is 0 Å². The quantitative estimate of drug-likeness (QED) is 0.555. The van der Waals surface area contributed by atoms with Gasteiger partial charge in [-0.2, -0.15) is 0 Å². The van der Waals surface area contributed by atoms with E-state index in [0.717, 1.165) is 22.0 Å². The summed E-state index contributed by atoms with van der Waals surface area (Å²) >= 11 is 3.23. The Kier molecular flexibility index (Phi) is 6.41. The van der Waals surface area contributed by atoms with Crippen molar-refractivity contribution in [1.29, 1.82) is 0 Å². The van der Waals surface area contributed by atoms with Gasteiger partial charge in [0.15, 0.2) is 0 Å². The second-order valence-corrected chi connectivity index (χ2v) is 7.63. The molecule has 26 heavy (non-hydrogen) atoms. The molecule has 0 bridgehead atoms. The summed E-state index contributed by atoms with van der Waals surface area (Å²) < 4.78 is 5.69. The lowest BCUT2D eigenvalue weighted by Crippen LogP contribution is -2.31. The van der Waals surface area contributed by atoms with Crippen LogP contribution in [0, 0.1) is 0 Å². The molecule has 0 saturated carbocycles. The van der Waals surface area contributed by atoms with E-state index >= 15 is 0 Å². The molecule has 1 aromatic carbocycles. The van der Waals surface area contributed by atoms with E-state index < -0.39 is 0 Å². The summed E-state index contributed by atoms with van der Waals surface area (Å²) in [6, 6.07) is 12.0. The fourth-order valence-corrected chi connectivity index (χ4v) is 4.24. The second-order valence-electron chi connectivity index (χ2n) is 5.74. The third-order valence-corrected chi connectivity index (χ3v) is 5.75. The maximum atomic E-state index is 12.7. The lowest BCUT2D eigenvalue weighted by Gasteiger charge is -2.19. The van der Waals surface area contributed by atoms with Crippen LogP contribution in [-0.4, -0.2) is 28.9 Å². The zero-order valence-electron chi connectivity index (χ0n) is 15.0. The highest BCUT2D eigenvalue weighted by atomic mass is 32.1. The topological polar surface area (TPSA) is 42.4 Å². The zero-order chi connectivity index (χ0) is 18.4. The van der Waals surface area contributed by atoms with Gasteiger partial charge in [-0.3, -0.25) is 4.79 Å². The van der Waals surface area contributed by atoms with Crippen molar-refractivity contribution in [2.24, 2.45) is 0 Å². The zero-order valence-corrected chi connectivity index (χ0v) is 16.6. The van der Waals surface area contributed by atoms with E-state index in [1.165, 1.54) is 4.88 Å². The number of hydrogen-bond acceptors (Lipinski definition) is 5. The number of benzene rings is 1. The highest BCUT2D eigenvalue weighted by molar-refractivity contribution is 7.13. The summed E-state index contributed by atoms with van der Waals surface area (Å²) in [6.45, 7) is 5.95. The van der Waals surface area contributed by atoms with Gasteiger partial charge in [-0.25, -0.2) is 4.98 Å². The van der Waals surface area contributed by atoms with Crippen LogP contribution in [0.1, 0.15) is 24.4 Å². The first kappa shape index (κ1) is 18.6. The molecule has 1 amide bonds. The van der Waals surface area contributed by atoms with Crippen molar-refractivity contribution < 1.29 is 9.53 Å². The molecule has 136 valence electrons. The smallest absolute Gasteiger partial charge is 0.228 e. The molecule has 0 atom stereocenters. The Labute approximate surface area is 162 Å². The lowest BCUT2D eigenvalue weighted by atomic mass is 10.2. The van der Waals surface area contributed by atoms with Crippen LogP contribution in [-0.2, 0) is 17.8 Å². The third-order valence-electron chi connectivity index (χ3n) is 3.96. The van der Waals surface area contributed by atoms with Gasteiger partial charge in [-0.15, -0.1) is 22.7 Å². The monoisotopic (exact) mass is 386 g/mol. The minimum atomic E-state index is 0.107. The van der Waals surface area contributed by atoms with Crippen LogP contribution in [0.4, 0.5) is 0 Å². The number of hydrogen-bond donors (Lipinski definition) is 0. The van der Waals surface area contributed by atoms with Crippen molar-refractivity contribution in [2.75, 3.05) is 13.2 Å². The number of thiophene rings is 1. The molecule has 3 aromatic rings. The fraction of sp³-hybridized carbons (Fsp3) is 0.300. The normalized spacial score (nSPS) is 10.7. The Hall–Kier alpha value is -2.18. The molecular formula is C20H22N2O2S2. The molecule has 3 rings (SSSR count). The minimum absolute atomic E-state index is 0.107. The van der Waals surface area contributed by atoms with E-state index in [9.17, 15) is 4.79 Å². The number of amides is 1. The number of nitrogens with zero attached hydrogens (tertiary/aromatic N) is 2. The highest BCUT2D eigenvalue weighted by Crippen LogP contribution is 2.32. The Bertz CT molecular complexity index is 843. The first-order valence-corrected chi connectivity index (χ1v) is 10.4. The van der Waals surface area contributed by atoms with E-state index in [2.05, 4.69) is 11.1 Å². The summed E-state index contributed by atoms with van der Waals surface area (Å²) in [5, 5.41) is 4.89. The Morgan fingerprint density at radius 1 is 1.15 bits per heavy atom. The first-order chi connectivity index (χ1) is 12.7. The molecule has 0 aliphatic rings. The number of likely N-dealkylation sites (N-methyl/N-ethyl adjacent to an activating group) is 1. The summed E-state index contributed by atoms with van der Waals surface area (Å²) in [6.07, 6.45) is 0.326. The molecule has 0 fully saturated rings. The van der Waals surface area contributed by atoms with Gasteiger partial charge in [0.05, 0.1) is 30.8 Å². The molecule has 0 N–H and O–H groups in total. The van der Waals surface area contributed by atoms with Gasteiger partial charge in [-0.05, 0) is 37.4 Å². The van der Waals surface area contributed by atoms with Gasteiger partial charge in [0.25, 0.3) is 0 Å². The number of thiazole rings is 1. The first-order valence-electron chi connectivity index (χ1n) is 8.68. The van der Waals surface area contributed by atoms with E-state index in [0.29, 0.717) is 26.1 Å². The van der Waals surface area contributed by atoms with Crippen LogP contribution < -0.4 is 4.74 Å². The number of rotatable bonds is 8. The molecule has 4 nitrogen and oxygen atoms in total. The molecule has 0 radical (unpaired) electrons. The van der Waals surface area contributed by atoms with Crippen LogP contribution in [0.25, 0.3) is 10.6 Å². The van der Waals surface area contributed by atoms with Crippen molar-refractivity contribution in [3.05, 3.63) is 57.7 Å². The number of carbonyl (C=O) groups excluding carboxylic acids is 1. The molecule has 0 saturated heterocycles. The SMILES string of the molecule is CCOc1ccccc1-c1nc(CC(=O)N(CC)Cc2cccs2)cs1. The average Bonchev–Trinajstić information content (AvgIpc) is 3.32. The fourth-order valence-electron chi connectivity index (χ4n) is 2.67. The Balaban J connectivity index is 1.71. The van der Waals surface area contributed by atoms with Crippen molar-refractivity contribution >= 4 is 28.6 Å². The Morgan fingerprint density at radius 3 is 2.73 bits per heavy atom. The van der Waals surface area contributed by atoms with Crippen LogP contribution in [0.2, 0.25) is 0 Å². The van der Waals surface area contributed by atoms with Crippen molar-refractivity contribution in [3.8, 4) is 16.3 Å². The molecule has 0 aliphatic carbocycles. The molecule has 2 aromatic heterocycles. The predicted octanol–water partition coefficient (Wildman–Crippen LogP) is 4.86. The van der Waals surface area contributed by atoms with Gasteiger partial charge in [-0.1, -0.05) is 18.2 Å². The predicted molar refractivity (Wildman–Crippen MR) is 108 cm³/mol. The number of aromatic nitrogens is 1. The van der Waals surface area contributed by atoms with Gasteiger partial charge in [0, 0.05) is 16.8 Å². The van der Waals surface area contributed by atoms with Gasteiger partial charge in [0.1, 0.15) is 10.8 Å². The molecule has 2 heterocycles. The van der Waals surface area contributed by atoms with Gasteiger partial charge < -0.3 is 9.64 Å². The summed E-state index contributed by atoms with van der Waals surface area (Å²) in [5.74, 6) is 0.936. The number of para-hydroxylation sites is 1. The van der Waals surface area contributed by atoms with E-state index in [1.54, 1.807) is 22.7 Å². The maximum Gasteiger partial charge on any atom is 0.228 e. The van der Waals surface area contributed by atoms with Crippen LogP contribution in [0.3, 0.4) is 0 Å². The van der Waals surface area contributed by atoms with Gasteiger partial charge in [0.2, 0.25) is 5.91 Å². The van der Waals surface area contributed by atoms with Crippen LogP contribution >= 0.6 is 22.7 Å². The number of ether oxygens (including phenoxy) is 1. The van der Waals surface area contributed by atoms with Crippen LogP contribution in [0.15, 0.2) is 47.2 Å². The van der Waals surface area contributed by atoms with E-state index in [-0.39, 0.29) is 5.91 Å². The van der Waals surface area contributed by atoms with Crippen molar-refractivity contribution in [1.82, 2.24) is 9.88 Å². The summed E-state index contributed by atoms with van der Waals surface area (Å²) in [7, 11) is 0. The van der Waals surface area contributed by atoms with Crippen molar-refractivity contribution in [2.45, 2.75) is 26.8 Å². The minimum Gasteiger partial charge on any atom is -0.493 e. The molecule has 0 unspecified atom stereocenters. The average molecular weight is 387 g/mol. The standard InChI is InChI=1S/C20H22N2O2S2/c1-3-22(13-16-8-7-11-25-16)19(23)12-15-14-26-20(21-15)17-9-5-6-10-18(17)24-4-2/h5-11,14H,3-4,12-13H2,1-2H3. The van der Waals surface area contributed by atoms with E-state index in [1.807, 2.05) is 59.8 Å². The molecule has 0 spiro atoms. The van der Waals surface area contributed by atoms with Crippen LogP contribution in [0.5, 0.6) is 5.75 Å². The van der Waals surface area contributed by atoms with Crippen molar-refractivity contribution in [3.63, 3.8) is 0 Å². The maximum absolute atomic E-state index is 12.7. The highest BCUT2D eigenvalue weighted by Gasteiger charge is 2.16. The third kappa shape index (κ3) is 4.51.